The average molecular weight is 397 g/mol. The fourth-order valence-electron chi connectivity index (χ4n) is 3.12. The minimum Gasteiger partial charge on any atom is -0.504 e. The third kappa shape index (κ3) is 4.43. The van der Waals surface area contributed by atoms with Gasteiger partial charge in [0.15, 0.2) is 11.5 Å². The fraction of sp³-hybridized carbons (Fsp3) is 0.238. The lowest BCUT2D eigenvalue weighted by atomic mass is 9.94. The Morgan fingerprint density at radius 1 is 1.21 bits per heavy atom. The number of allylic oxidation sites excluding steroid dienone is 1. The fourth-order valence-corrected chi connectivity index (χ4v) is 3.12. The van der Waals surface area contributed by atoms with Crippen molar-refractivity contribution in [3.05, 3.63) is 59.3 Å². The third-order valence-electron chi connectivity index (χ3n) is 4.47. The quantitative estimate of drug-likeness (QED) is 0.599. The Morgan fingerprint density at radius 3 is 2.59 bits per heavy atom. The second-order valence-electron chi connectivity index (χ2n) is 6.41. The minimum atomic E-state index is -0.707. The van der Waals surface area contributed by atoms with Crippen LogP contribution in [0.2, 0.25) is 0 Å². The van der Waals surface area contributed by atoms with Crippen molar-refractivity contribution >= 4 is 17.6 Å². The van der Waals surface area contributed by atoms with Crippen LogP contribution in [-0.2, 0) is 4.79 Å². The van der Waals surface area contributed by atoms with E-state index in [0.717, 1.165) is 0 Å². The first-order valence-corrected chi connectivity index (χ1v) is 9.12. The van der Waals surface area contributed by atoms with Crippen LogP contribution in [0.15, 0.2) is 53.7 Å². The highest BCUT2D eigenvalue weighted by molar-refractivity contribution is 6.06. The van der Waals surface area contributed by atoms with E-state index in [1.165, 1.54) is 13.2 Å². The molecular formula is C21H23N3O5. The zero-order valence-electron chi connectivity index (χ0n) is 16.4. The number of hydrogen-bond acceptors (Lipinski definition) is 5. The highest BCUT2D eigenvalue weighted by Crippen LogP contribution is 2.33. The molecule has 8 nitrogen and oxygen atoms in total. The van der Waals surface area contributed by atoms with Gasteiger partial charge in [-0.1, -0.05) is 6.07 Å². The number of anilines is 1. The van der Waals surface area contributed by atoms with Crippen LogP contribution in [0.1, 0.15) is 25.5 Å². The number of methoxy groups -OCH3 is 1. The summed E-state index contributed by atoms with van der Waals surface area (Å²) in [6, 6.07) is 10.6. The number of rotatable bonds is 6. The van der Waals surface area contributed by atoms with E-state index < -0.39 is 12.1 Å². The summed E-state index contributed by atoms with van der Waals surface area (Å²) in [5, 5.41) is 18.1. The lowest BCUT2D eigenvalue weighted by molar-refractivity contribution is -0.113. The molecule has 0 radical (unpaired) electrons. The first-order valence-electron chi connectivity index (χ1n) is 9.12. The third-order valence-corrected chi connectivity index (χ3v) is 4.47. The van der Waals surface area contributed by atoms with Gasteiger partial charge in [-0.15, -0.1) is 0 Å². The highest BCUT2D eigenvalue weighted by Gasteiger charge is 2.31. The van der Waals surface area contributed by atoms with Crippen LogP contribution in [0.5, 0.6) is 17.2 Å². The molecule has 1 heterocycles. The van der Waals surface area contributed by atoms with Crippen molar-refractivity contribution in [3.8, 4) is 17.2 Å². The monoisotopic (exact) mass is 397 g/mol. The van der Waals surface area contributed by atoms with Crippen LogP contribution in [0.25, 0.3) is 0 Å². The van der Waals surface area contributed by atoms with Crippen LogP contribution >= 0.6 is 0 Å². The molecule has 1 aliphatic heterocycles. The number of phenolic OH excluding ortho intramolecular Hbond substituents is 1. The van der Waals surface area contributed by atoms with Crippen molar-refractivity contribution in [2.45, 2.75) is 19.9 Å². The molecule has 29 heavy (non-hydrogen) atoms. The number of phenols is 1. The molecule has 2 aromatic carbocycles. The number of carbonyl (C=O) groups is 2. The van der Waals surface area contributed by atoms with Gasteiger partial charge in [0.05, 0.1) is 25.3 Å². The molecule has 1 aliphatic rings. The van der Waals surface area contributed by atoms with E-state index in [9.17, 15) is 14.7 Å². The summed E-state index contributed by atoms with van der Waals surface area (Å²) in [4.78, 5) is 25.0. The van der Waals surface area contributed by atoms with E-state index in [0.29, 0.717) is 34.9 Å². The number of benzene rings is 2. The molecule has 8 heteroatoms. The molecule has 0 unspecified atom stereocenters. The summed E-state index contributed by atoms with van der Waals surface area (Å²) in [7, 11) is 1.43. The molecule has 0 saturated heterocycles. The number of carbonyl (C=O) groups excluding carboxylic acids is 2. The summed E-state index contributed by atoms with van der Waals surface area (Å²) in [6.07, 6.45) is 0. The van der Waals surface area contributed by atoms with Crippen molar-refractivity contribution in [1.82, 2.24) is 10.6 Å². The van der Waals surface area contributed by atoms with E-state index in [2.05, 4.69) is 16.0 Å². The Balaban J connectivity index is 1.90. The second kappa shape index (κ2) is 8.55. The molecule has 2 aromatic rings. The van der Waals surface area contributed by atoms with Crippen molar-refractivity contribution in [2.24, 2.45) is 0 Å². The molecule has 4 N–H and O–H groups in total. The summed E-state index contributed by atoms with van der Waals surface area (Å²) in [5.74, 6) is 0.564. The number of aromatic hydroxyl groups is 1. The summed E-state index contributed by atoms with van der Waals surface area (Å²) in [6.45, 7) is 4.12. The molecule has 0 fully saturated rings. The molecule has 0 bridgehead atoms. The maximum Gasteiger partial charge on any atom is 0.319 e. The maximum absolute atomic E-state index is 13.0. The van der Waals surface area contributed by atoms with E-state index in [1.54, 1.807) is 43.3 Å². The largest absolute Gasteiger partial charge is 0.504 e. The number of urea groups is 1. The van der Waals surface area contributed by atoms with Crippen LogP contribution in [-0.4, -0.2) is 30.8 Å². The topological polar surface area (TPSA) is 109 Å². The lowest BCUT2D eigenvalue weighted by Gasteiger charge is -2.29. The minimum absolute atomic E-state index is 0.0300. The molecule has 152 valence electrons. The van der Waals surface area contributed by atoms with Gasteiger partial charge in [0.1, 0.15) is 5.75 Å². The number of hydrogen-bond donors (Lipinski definition) is 4. The van der Waals surface area contributed by atoms with Crippen molar-refractivity contribution < 1.29 is 24.2 Å². The van der Waals surface area contributed by atoms with Crippen LogP contribution in [0, 0.1) is 0 Å². The SMILES string of the molecule is CCOc1ccc(NC(=O)C2=C(C)NC(=O)N[C@H]2c2ccc(O)c(OC)c2)cc1. The number of amides is 3. The molecule has 3 amide bonds. The predicted octanol–water partition coefficient (Wildman–Crippen LogP) is 3.07. The van der Waals surface area contributed by atoms with E-state index in [4.69, 9.17) is 9.47 Å². The van der Waals surface area contributed by atoms with Crippen molar-refractivity contribution in [3.63, 3.8) is 0 Å². The molecule has 1 atom stereocenters. The summed E-state index contributed by atoms with van der Waals surface area (Å²) < 4.78 is 10.6. The molecule has 3 rings (SSSR count). The Morgan fingerprint density at radius 2 is 1.93 bits per heavy atom. The molecule has 0 aromatic heterocycles. The standard InChI is InChI=1S/C21H23N3O5/c1-4-29-15-8-6-14(7-9-15)23-20(26)18-12(2)22-21(27)24-19(18)13-5-10-16(25)17(11-13)28-3/h5-11,19,25H,4H2,1-3H3,(H,23,26)(H2,22,24,27)/t19-/m0/s1. The Bertz CT molecular complexity index is 953. The lowest BCUT2D eigenvalue weighted by Crippen LogP contribution is -2.45. The highest BCUT2D eigenvalue weighted by atomic mass is 16.5. The van der Waals surface area contributed by atoms with Gasteiger partial charge in [0.2, 0.25) is 0 Å². The van der Waals surface area contributed by atoms with Gasteiger partial charge in [-0.25, -0.2) is 4.79 Å². The van der Waals surface area contributed by atoms with Gasteiger partial charge in [-0.3, -0.25) is 4.79 Å². The molecule has 0 spiro atoms. The van der Waals surface area contributed by atoms with Crippen LogP contribution < -0.4 is 25.4 Å². The smallest absolute Gasteiger partial charge is 0.319 e. The molecule has 0 saturated carbocycles. The average Bonchev–Trinajstić information content (AvgIpc) is 2.69. The Kier molecular flexibility index (Phi) is 5.92. The zero-order chi connectivity index (χ0) is 21.0. The van der Waals surface area contributed by atoms with E-state index >= 15 is 0 Å². The first-order chi connectivity index (χ1) is 13.9. The van der Waals surface area contributed by atoms with Crippen LogP contribution in [0.4, 0.5) is 10.5 Å². The summed E-state index contributed by atoms with van der Waals surface area (Å²) in [5.41, 5.74) is 1.99. The van der Waals surface area contributed by atoms with E-state index in [-0.39, 0.29) is 17.4 Å². The van der Waals surface area contributed by atoms with Gasteiger partial charge in [0, 0.05) is 11.4 Å². The van der Waals surface area contributed by atoms with Gasteiger partial charge in [-0.05, 0) is 55.8 Å². The van der Waals surface area contributed by atoms with Gasteiger partial charge >= 0.3 is 6.03 Å². The second-order valence-corrected chi connectivity index (χ2v) is 6.41. The van der Waals surface area contributed by atoms with E-state index in [1.807, 2.05) is 6.92 Å². The zero-order valence-corrected chi connectivity index (χ0v) is 16.4. The van der Waals surface area contributed by atoms with Gasteiger partial charge in [0.25, 0.3) is 5.91 Å². The summed E-state index contributed by atoms with van der Waals surface area (Å²) >= 11 is 0. The predicted molar refractivity (Wildman–Crippen MR) is 108 cm³/mol. The normalized spacial score (nSPS) is 16.0. The van der Waals surface area contributed by atoms with Crippen molar-refractivity contribution in [2.75, 3.05) is 19.0 Å². The maximum atomic E-state index is 13.0. The number of nitrogens with one attached hydrogen (secondary N) is 3. The Hall–Kier alpha value is -3.68. The van der Waals surface area contributed by atoms with Crippen LogP contribution in [0.3, 0.4) is 0 Å². The molecule has 0 aliphatic carbocycles. The first kappa shape index (κ1) is 20.1. The van der Waals surface area contributed by atoms with Gasteiger partial charge < -0.3 is 30.5 Å². The Labute approximate surface area is 168 Å². The number of ether oxygens (including phenoxy) is 2. The van der Waals surface area contributed by atoms with Gasteiger partial charge in [-0.2, -0.15) is 0 Å². The molecular weight excluding hydrogens is 374 g/mol. The van der Waals surface area contributed by atoms with Crippen molar-refractivity contribution in [1.29, 1.82) is 0 Å².